The number of rotatable bonds is 5. The van der Waals surface area contributed by atoms with Gasteiger partial charge in [-0.3, -0.25) is 0 Å². The Bertz CT molecular complexity index is 675. The largest absolute Gasteiger partial charge is 0.394 e. The lowest BCUT2D eigenvalue weighted by Crippen LogP contribution is -2.59. The van der Waals surface area contributed by atoms with Crippen molar-refractivity contribution in [1.82, 2.24) is 0 Å². The Labute approximate surface area is 145 Å². The molecule has 1 aliphatic heterocycles. The summed E-state index contributed by atoms with van der Waals surface area (Å²) >= 11 is 0. The highest BCUT2D eigenvalue weighted by Gasteiger charge is 2.44. The number of aliphatic hydroxyl groups excluding tert-OH is 4. The van der Waals surface area contributed by atoms with E-state index in [0.29, 0.717) is 0 Å². The van der Waals surface area contributed by atoms with Gasteiger partial charge in [0.05, 0.1) is 13.2 Å². The third-order valence-electron chi connectivity index (χ3n) is 4.35. The van der Waals surface area contributed by atoms with Gasteiger partial charge in [0.25, 0.3) is 0 Å². The maximum atomic E-state index is 10.0. The Hall–Kier alpha value is -1.80. The van der Waals surface area contributed by atoms with Gasteiger partial charge in [0.2, 0.25) is 0 Å². The van der Waals surface area contributed by atoms with Crippen molar-refractivity contribution in [3.8, 4) is 11.1 Å². The van der Waals surface area contributed by atoms with E-state index in [1.54, 1.807) is 0 Å². The normalized spacial score (nSPS) is 29.5. The van der Waals surface area contributed by atoms with Crippen molar-refractivity contribution in [3.63, 3.8) is 0 Å². The lowest BCUT2D eigenvalue weighted by molar-refractivity contribution is -0.304. The zero-order chi connectivity index (χ0) is 17.8. The molecule has 0 radical (unpaired) electrons. The molecule has 0 amide bonds. The van der Waals surface area contributed by atoms with Crippen LogP contribution in [0.15, 0.2) is 54.6 Å². The van der Waals surface area contributed by atoms with Crippen LogP contribution < -0.4 is 0 Å². The summed E-state index contributed by atoms with van der Waals surface area (Å²) in [5.74, 6) is 0. The van der Waals surface area contributed by atoms with E-state index in [0.717, 1.165) is 16.7 Å². The van der Waals surface area contributed by atoms with Crippen molar-refractivity contribution in [2.45, 2.75) is 37.3 Å². The number of aliphatic hydroxyl groups is 4. The number of hydrogen-bond donors (Lipinski definition) is 4. The van der Waals surface area contributed by atoms with Crippen molar-refractivity contribution < 1.29 is 29.9 Å². The summed E-state index contributed by atoms with van der Waals surface area (Å²) in [6.45, 7) is -0.334. The van der Waals surface area contributed by atoms with Crippen LogP contribution in [-0.4, -0.2) is 57.7 Å². The molecule has 2 aromatic carbocycles. The summed E-state index contributed by atoms with van der Waals surface area (Å²) in [7, 11) is 0. The van der Waals surface area contributed by atoms with Crippen molar-refractivity contribution >= 4 is 0 Å². The number of hydrogen-bond acceptors (Lipinski definition) is 6. The highest BCUT2D eigenvalue weighted by molar-refractivity contribution is 5.67. The smallest absolute Gasteiger partial charge is 0.187 e. The molecule has 4 N–H and O–H groups in total. The van der Waals surface area contributed by atoms with E-state index >= 15 is 0 Å². The molecule has 0 spiro atoms. The predicted octanol–water partition coefficient (Wildman–Crippen LogP) is 0.670. The molecule has 1 fully saturated rings. The molecule has 0 aromatic heterocycles. The van der Waals surface area contributed by atoms with E-state index in [1.165, 1.54) is 0 Å². The van der Waals surface area contributed by atoms with Gasteiger partial charge in [-0.1, -0.05) is 54.6 Å². The molecule has 1 aliphatic rings. The van der Waals surface area contributed by atoms with Gasteiger partial charge in [0.1, 0.15) is 24.4 Å². The molecular formula is C19H22O6. The summed E-state index contributed by atoms with van der Waals surface area (Å²) < 4.78 is 11.0. The molecule has 3 rings (SSSR count). The third kappa shape index (κ3) is 3.90. The summed E-state index contributed by atoms with van der Waals surface area (Å²) in [5, 5.41) is 38.9. The highest BCUT2D eigenvalue weighted by Crippen LogP contribution is 2.27. The number of ether oxygens (including phenoxy) is 2. The van der Waals surface area contributed by atoms with Crippen molar-refractivity contribution in [1.29, 1.82) is 0 Å². The van der Waals surface area contributed by atoms with Crippen LogP contribution in [-0.2, 0) is 16.1 Å². The van der Waals surface area contributed by atoms with E-state index in [9.17, 15) is 20.4 Å². The monoisotopic (exact) mass is 346 g/mol. The minimum atomic E-state index is -1.44. The first kappa shape index (κ1) is 18.0. The molecule has 0 bridgehead atoms. The standard InChI is InChI=1S/C19H22O6/c20-10-15-16(21)17(22)18(23)19(25-15)24-11-13-8-4-5-9-14(13)12-6-2-1-3-7-12/h1-9,15-23H,10-11H2/t15-,16-,17+,18-,19+/m1/s1. The second kappa shape index (κ2) is 8.05. The molecular weight excluding hydrogens is 324 g/mol. The van der Waals surface area contributed by atoms with E-state index in [-0.39, 0.29) is 6.61 Å². The molecule has 2 aromatic rings. The zero-order valence-corrected chi connectivity index (χ0v) is 13.6. The maximum Gasteiger partial charge on any atom is 0.187 e. The van der Waals surface area contributed by atoms with Gasteiger partial charge < -0.3 is 29.9 Å². The average Bonchev–Trinajstić information content (AvgIpc) is 2.66. The fourth-order valence-corrected chi connectivity index (χ4v) is 2.92. The summed E-state index contributed by atoms with van der Waals surface area (Å²) in [6.07, 6.45) is -6.36. The average molecular weight is 346 g/mol. The Morgan fingerprint density at radius 3 is 2.24 bits per heavy atom. The van der Waals surface area contributed by atoms with Crippen LogP contribution >= 0.6 is 0 Å². The van der Waals surface area contributed by atoms with Crippen LogP contribution in [0.5, 0.6) is 0 Å². The SMILES string of the molecule is OC[C@H]1O[C@H](OCc2ccccc2-c2ccccc2)[C@H](O)[C@@H](O)[C@@H]1O. The first-order valence-corrected chi connectivity index (χ1v) is 8.17. The molecule has 134 valence electrons. The molecule has 1 saturated heterocycles. The minimum Gasteiger partial charge on any atom is -0.394 e. The molecule has 0 aliphatic carbocycles. The Balaban J connectivity index is 1.74. The van der Waals surface area contributed by atoms with Crippen LogP contribution in [0.1, 0.15) is 5.56 Å². The van der Waals surface area contributed by atoms with Crippen LogP contribution in [0.3, 0.4) is 0 Å². The fourth-order valence-electron chi connectivity index (χ4n) is 2.92. The van der Waals surface area contributed by atoms with Gasteiger partial charge in [0, 0.05) is 0 Å². The Morgan fingerprint density at radius 2 is 1.52 bits per heavy atom. The second-order valence-corrected chi connectivity index (χ2v) is 6.03. The fraction of sp³-hybridized carbons (Fsp3) is 0.368. The van der Waals surface area contributed by atoms with Crippen LogP contribution in [0.2, 0.25) is 0 Å². The van der Waals surface area contributed by atoms with Crippen LogP contribution in [0.4, 0.5) is 0 Å². The predicted molar refractivity (Wildman–Crippen MR) is 90.4 cm³/mol. The van der Waals surface area contributed by atoms with Gasteiger partial charge in [0.15, 0.2) is 6.29 Å². The molecule has 6 nitrogen and oxygen atoms in total. The lowest BCUT2D eigenvalue weighted by atomic mass is 9.99. The van der Waals surface area contributed by atoms with Gasteiger partial charge >= 0.3 is 0 Å². The summed E-state index contributed by atoms with van der Waals surface area (Å²) in [6, 6.07) is 17.5. The van der Waals surface area contributed by atoms with Gasteiger partial charge in [-0.05, 0) is 16.7 Å². The van der Waals surface area contributed by atoms with Crippen molar-refractivity contribution in [2.24, 2.45) is 0 Å². The lowest BCUT2D eigenvalue weighted by Gasteiger charge is -2.39. The first-order chi connectivity index (χ1) is 12.1. The molecule has 6 heteroatoms. The molecule has 0 unspecified atom stereocenters. The maximum absolute atomic E-state index is 10.0. The summed E-state index contributed by atoms with van der Waals surface area (Å²) in [5.41, 5.74) is 2.92. The highest BCUT2D eigenvalue weighted by atomic mass is 16.7. The number of benzene rings is 2. The van der Waals surface area contributed by atoms with Gasteiger partial charge in [-0.2, -0.15) is 0 Å². The summed E-state index contributed by atoms with van der Waals surface area (Å²) in [4.78, 5) is 0. The zero-order valence-electron chi connectivity index (χ0n) is 13.6. The first-order valence-electron chi connectivity index (χ1n) is 8.17. The van der Waals surface area contributed by atoms with Crippen LogP contribution in [0, 0.1) is 0 Å². The topological polar surface area (TPSA) is 99.4 Å². The van der Waals surface area contributed by atoms with E-state index in [4.69, 9.17) is 9.47 Å². The Morgan fingerprint density at radius 1 is 0.840 bits per heavy atom. The van der Waals surface area contributed by atoms with Crippen molar-refractivity contribution in [2.75, 3.05) is 6.61 Å². The minimum absolute atomic E-state index is 0.147. The van der Waals surface area contributed by atoms with Gasteiger partial charge in [-0.15, -0.1) is 0 Å². The van der Waals surface area contributed by atoms with Crippen LogP contribution in [0.25, 0.3) is 11.1 Å². The quantitative estimate of drug-likeness (QED) is 0.635. The Kier molecular flexibility index (Phi) is 5.80. The van der Waals surface area contributed by atoms with E-state index < -0.39 is 37.3 Å². The van der Waals surface area contributed by atoms with Gasteiger partial charge in [-0.25, -0.2) is 0 Å². The second-order valence-electron chi connectivity index (χ2n) is 6.03. The van der Waals surface area contributed by atoms with E-state index in [1.807, 2.05) is 54.6 Å². The van der Waals surface area contributed by atoms with E-state index in [2.05, 4.69) is 0 Å². The van der Waals surface area contributed by atoms with Crippen molar-refractivity contribution in [3.05, 3.63) is 60.2 Å². The molecule has 1 heterocycles. The molecule has 25 heavy (non-hydrogen) atoms. The molecule has 0 saturated carbocycles. The third-order valence-corrected chi connectivity index (χ3v) is 4.35. The molecule has 5 atom stereocenters.